The summed E-state index contributed by atoms with van der Waals surface area (Å²) in [6, 6.07) is 0. The molecule has 0 rings (SSSR count). The highest BCUT2D eigenvalue weighted by Crippen LogP contribution is 1.80. The number of hydrogen-bond donors (Lipinski definition) is 4. The zero-order valence-corrected chi connectivity index (χ0v) is 9.05. The fourth-order valence-electron chi connectivity index (χ4n) is 0.804. The molecule has 6 nitrogen and oxygen atoms in total. The van der Waals surface area contributed by atoms with Crippen molar-refractivity contribution in [3.63, 3.8) is 0 Å². The summed E-state index contributed by atoms with van der Waals surface area (Å²) in [5.41, 5.74) is 0. The molecule has 1 atom stereocenters. The van der Waals surface area contributed by atoms with Crippen LogP contribution in [0.5, 0.6) is 0 Å². The van der Waals surface area contributed by atoms with Gasteiger partial charge in [0.2, 0.25) is 10.0 Å². The van der Waals surface area contributed by atoms with Crippen LogP contribution in [0.4, 0.5) is 0 Å². The molecule has 0 aliphatic carbocycles. The third-order valence-corrected chi connectivity index (χ3v) is 2.21. The van der Waals surface area contributed by atoms with Gasteiger partial charge in [-0.05, 0) is 13.0 Å². The molecule has 0 heterocycles. The summed E-state index contributed by atoms with van der Waals surface area (Å²) in [5, 5.41) is 20.3. The largest absolute Gasteiger partial charge is 0.394 e. The first kappa shape index (κ1) is 13.8. The van der Waals surface area contributed by atoms with Crippen LogP contribution in [0, 0.1) is 0 Å². The van der Waals surface area contributed by atoms with Crippen molar-refractivity contribution in [1.29, 1.82) is 0 Å². The minimum absolute atomic E-state index is 0.269. The van der Waals surface area contributed by atoms with Gasteiger partial charge < -0.3 is 15.5 Å². The van der Waals surface area contributed by atoms with Crippen molar-refractivity contribution in [3.05, 3.63) is 0 Å². The standard InChI is InChI=1S/C7H18N2O4S/c1-14(12,13)9-4-2-3-8-5-7(11)6-10/h7-11H,2-6H2,1H3. The van der Waals surface area contributed by atoms with E-state index in [1.54, 1.807) is 0 Å². The molecule has 0 spiro atoms. The molecule has 86 valence electrons. The maximum Gasteiger partial charge on any atom is 0.208 e. The van der Waals surface area contributed by atoms with E-state index in [0.29, 0.717) is 26.1 Å². The van der Waals surface area contributed by atoms with Gasteiger partial charge in [-0.15, -0.1) is 0 Å². The number of hydrogen-bond acceptors (Lipinski definition) is 5. The molecular formula is C7H18N2O4S. The average Bonchev–Trinajstić information content (AvgIpc) is 2.08. The highest BCUT2D eigenvalue weighted by Gasteiger charge is 2.01. The quantitative estimate of drug-likeness (QED) is 0.354. The van der Waals surface area contributed by atoms with Gasteiger partial charge in [0, 0.05) is 13.1 Å². The molecule has 14 heavy (non-hydrogen) atoms. The van der Waals surface area contributed by atoms with Crippen LogP contribution in [0.25, 0.3) is 0 Å². The minimum atomic E-state index is -3.10. The lowest BCUT2D eigenvalue weighted by molar-refractivity contribution is 0.0946. The van der Waals surface area contributed by atoms with E-state index in [9.17, 15) is 8.42 Å². The van der Waals surface area contributed by atoms with E-state index in [0.717, 1.165) is 6.26 Å². The summed E-state index contributed by atoms with van der Waals surface area (Å²) in [6.45, 7) is 1.02. The van der Waals surface area contributed by atoms with Gasteiger partial charge in [-0.25, -0.2) is 13.1 Å². The molecule has 0 aromatic heterocycles. The Kier molecular flexibility index (Phi) is 7.02. The molecule has 0 fully saturated rings. The lowest BCUT2D eigenvalue weighted by atomic mass is 10.3. The molecule has 0 amide bonds. The van der Waals surface area contributed by atoms with Crippen molar-refractivity contribution in [3.8, 4) is 0 Å². The molecule has 0 saturated heterocycles. The summed E-state index contributed by atoms with van der Waals surface area (Å²) in [5.74, 6) is 0. The monoisotopic (exact) mass is 226 g/mol. The second-order valence-corrected chi connectivity index (χ2v) is 4.89. The highest BCUT2D eigenvalue weighted by atomic mass is 32.2. The topological polar surface area (TPSA) is 98.7 Å². The van der Waals surface area contributed by atoms with Crippen molar-refractivity contribution >= 4 is 10.0 Å². The molecule has 1 unspecified atom stereocenters. The predicted molar refractivity (Wildman–Crippen MR) is 53.4 cm³/mol. The van der Waals surface area contributed by atoms with Gasteiger partial charge in [-0.2, -0.15) is 0 Å². The molecule has 0 saturated carbocycles. The summed E-state index contributed by atoms with van der Waals surface area (Å²) in [4.78, 5) is 0. The number of nitrogens with one attached hydrogen (secondary N) is 2. The maximum absolute atomic E-state index is 10.6. The van der Waals surface area contributed by atoms with E-state index in [4.69, 9.17) is 10.2 Å². The van der Waals surface area contributed by atoms with Gasteiger partial charge in [0.05, 0.1) is 19.0 Å². The Hall–Kier alpha value is -0.210. The van der Waals surface area contributed by atoms with E-state index in [-0.39, 0.29) is 6.61 Å². The number of sulfonamides is 1. The third-order valence-electron chi connectivity index (χ3n) is 1.49. The first-order chi connectivity index (χ1) is 6.45. The molecule has 7 heteroatoms. The minimum Gasteiger partial charge on any atom is -0.394 e. The number of aliphatic hydroxyl groups is 2. The van der Waals surface area contributed by atoms with Gasteiger partial charge in [-0.1, -0.05) is 0 Å². The molecule has 0 aromatic carbocycles. The molecule has 0 radical (unpaired) electrons. The fourth-order valence-corrected chi connectivity index (χ4v) is 1.32. The normalized spacial score (nSPS) is 14.2. The maximum atomic E-state index is 10.6. The lowest BCUT2D eigenvalue weighted by Crippen LogP contribution is -2.32. The summed E-state index contributed by atoms with van der Waals surface area (Å²) in [7, 11) is -3.10. The van der Waals surface area contributed by atoms with Crippen LogP contribution in [0.1, 0.15) is 6.42 Å². The molecule has 0 aliphatic heterocycles. The Morgan fingerprint density at radius 1 is 1.36 bits per heavy atom. The van der Waals surface area contributed by atoms with Crippen LogP contribution >= 0.6 is 0 Å². The Morgan fingerprint density at radius 2 is 2.00 bits per heavy atom. The van der Waals surface area contributed by atoms with Crippen LogP contribution in [0.2, 0.25) is 0 Å². The molecule has 4 N–H and O–H groups in total. The molecule has 0 aliphatic rings. The first-order valence-corrected chi connectivity index (χ1v) is 6.29. The van der Waals surface area contributed by atoms with E-state index in [2.05, 4.69) is 10.0 Å². The molecule has 0 bridgehead atoms. The van der Waals surface area contributed by atoms with E-state index in [1.807, 2.05) is 0 Å². The van der Waals surface area contributed by atoms with Crippen LogP contribution in [0.3, 0.4) is 0 Å². The van der Waals surface area contributed by atoms with Gasteiger partial charge in [0.15, 0.2) is 0 Å². The van der Waals surface area contributed by atoms with Crippen LogP contribution in [0.15, 0.2) is 0 Å². The first-order valence-electron chi connectivity index (χ1n) is 4.40. The molecular weight excluding hydrogens is 208 g/mol. The van der Waals surface area contributed by atoms with Crippen molar-refractivity contribution in [2.45, 2.75) is 12.5 Å². The second kappa shape index (κ2) is 7.13. The summed E-state index contributed by atoms with van der Waals surface area (Å²) < 4.78 is 23.6. The number of rotatable bonds is 8. The molecule has 0 aromatic rings. The third kappa shape index (κ3) is 9.87. The zero-order valence-electron chi connectivity index (χ0n) is 8.23. The SMILES string of the molecule is CS(=O)(=O)NCCCNCC(O)CO. The Balaban J connectivity index is 3.23. The smallest absolute Gasteiger partial charge is 0.208 e. The summed E-state index contributed by atoms with van der Waals surface area (Å²) >= 11 is 0. The van der Waals surface area contributed by atoms with Crippen LogP contribution in [-0.4, -0.2) is 57.2 Å². The van der Waals surface area contributed by atoms with Crippen molar-refractivity contribution in [1.82, 2.24) is 10.0 Å². The van der Waals surface area contributed by atoms with E-state index >= 15 is 0 Å². The average molecular weight is 226 g/mol. The Labute approximate surface area is 84.4 Å². The van der Waals surface area contributed by atoms with Gasteiger partial charge in [0.1, 0.15) is 0 Å². The van der Waals surface area contributed by atoms with Crippen molar-refractivity contribution in [2.75, 3.05) is 32.5 Å². The highest BCUT2D eigenvalue weighted by molar-refractivity contribution is 7.88. The van der Waals surface area contributed by atoms with Crippen LogP contribution in [-0.2, 0) is 10.0 Å². The van der Waals surface area contributed by atoms with Gasteiger partial charge in [-0.3, -0.25) is 0 Å². The Morgan fingerprint density at radius 3 is 2.50 bits per heavy atom. The van der Waals surface area contributed by atoms with Crippen molar-refractivity contribution in [2.24, 2.45) is 0 Å². The number of aliphatic hydroxyl groups excluding tert-OH is 2. The summed E-state index contributed by atoms with van der Waals surface area (Å²) in [6.07, 6.45) is 0.999. The second-order valence-electron chi connectivity index (χ2n) is 3.06. The van der Waals surface area contributed by atoms with Gasteiger partial charge >= 0.3 is 0 Å². The van der Waals surface area contributed by atoms with Gasteiger partial charge in [0.25, 0.3) is 0 Å². The fraction of sp³-hybridized carbons (Fsp3) is 1.00. The van der Waals surface area contributed by atoms with E-state index < -0.39 is 16.1 Å². The predicted octanol–water partition coefficient (Wildman–Crippen LogP) is -2.13. The van der Waals surface area contributed by atoms with Crippen LogP contribution < -0.4 is 10.0 Å². The zero-order chi connectivity index (χ0) is 11.0. The Bertz CT molecular complexity index is 230. The lowest BCUT2D eigenvalue weighted by Gasteiger charge is -2.08. The van der Waals surface area contributed by atoms with E-state index in [1.165, 1.54) is 0 Å². The van der Waals surface area contributed by atoms with Crippen molar-refractivity contribution < 1.29 is 18.6 Å².